The third-order valence-corrected chi connectivity index (χ3v) is 3.68. The van der Waals surface area contributed by atoms with E-state index in [1.807, 2.05) is 24.3 Å². The van der Waals surface area contributed by atoms with Gasteiger partial charge in [-0.3, -0.25) is 0 Å². The predicted octanol–water partition coefficient (Wildman–Crippen LogP) is 2.56. The Morgan fingerprint density at radius 2 is 2.20 bits per heavy atom. The highest BCUT2D eigenvalue weighted by Crippen LogP contribution is 2.17. The van der Waals surface area contributed by atoms with Gasteiger partial charge in [-0.25, -0.2) is 9.78 Å². The lowest BCUT2D eigenvalue weighted by Crippen LogP contribution is -2.38. The van der Waals surface area contributed by atoms with Crippen LogP contribution in [0.3, 0.4) is 0 Å². The van der Waals surface area contributed by atoms with E-state index in [1.54, 1.807) is 11.2 Å². The lowest BCUT2D eigenvalue weighted by molar-refractivity contribution is 0.205. The number of aromatic amines is 1. The molecule has 0 saturated heterocycles. The van der Waals surface area contributed by atoms with Gasteiger partial charge in [-0.05, 0) is 24.1 Å². The molecule has 2 aromatic rings. The molecule has 5 heteroatoms. The fourth-order valence-corrected chi connectivity index (χ4v) is 2.41. The Labute approximate surface area is 118 Å². The zero-order valence-electron chi connectivity index (χ0n) is 11.5. The number of benzene rings is 1. The number of H-pyrrole nitrogens is 1. The second-order valence-electron chi connectivity index (χ2n) is 4.98. The van der Waals surface area contributed by atoms with Crippen molar-refractivity contribution in [3.63, 3.8) is 0 Å². The van der Waals surface area contributed by atoms with E-state index in [4.69, 9.17) is 0 Å². The molecule has 3 rings (SSSR count). The second-order valence-corrected chi connectivity index (χ2v) is 4.98. The summed E-state index contributed by atoms with van der Waals surface area (Å²) in [7, 11) is 0. The predicted molar refractivity (Wildman–Crippen MR) is 77.5 cm³/mol. The number of urea groups is 1. The highest BCUT2D eigenvalue weighted by Gasteiger charge is 2.22. The maximum absolute atomic E-state index is 12.2. The Morgan fingerprint density at radius 3 is 2.95 bits per heavy atom. The van der Waals surface area contributed by atoms with E-state index in [9.17, 15) is 4.79 Å². The molecule has 0 unspecified atom stereocenters. The molecule has 0 fully saturated rings. The maximum atomic E-state index is 12.2. The minimum absolute atomic E-state index is 0.0606. The zero-order chi connectivity index (χ0) is 13.9. The van der Waals surface area contributed by atoms with E-state index in [0.29, 0.717) is 13.1 Å². The first-order chi connectivity index (χ1) is 9.76. The van der Waals surface area contributed by atoms with Crippen LogP contribution in [0.15, 0.2) is 30.6 Å². The highest BCUT2D eigenvalue weighted by molar-refractivity contribution is 5.89. The number of nitrogens with zero attached hydrogens (tertiary/aromatic N) is 2. The quantitative estimate of drug-likeness (QED) is 0.881. The Bertz CT molecular complexity index is 603. The molecule has 104 valence electrons. The van der Waals surface area contributed by atoms with Crippen LogP contribution < -0.4 is 5.32 Å². The normalized spacial score (nSPS) is 13.9. The summed E-state index contributed by atoms with van der Waals surface area (Å²) in [6.45, 7) is 3.41. The fourth-order valence-electron chi connectivity index (χ4n) is 2.41. The SMILES string of the molecule is CCc1ccc(NC(=O)N2CCc3nc[nH]c3C2)cc1. The molecule has 2 heterocycles. The number of nitrogens with one attached hydrogen (secondary N) is 2. The summed E-state index contributed by atoms with van der Waals surface area (Å²) in [4.78, 5) is 21.4. The number of carbonyl (C=O) groups is 1. The molecular formula is C15H18N4O. The van der Waals surface area contributed by atoms with Crippen LogP contribution in [0.1, 0.15) is 23.9 Å². The van der Waals surface area contributed by atoms with E-state index in [2.05, 4.69) is 22.2 Å². The monoisotopic (exact) mass is 270 g/mol. The number of aryl methyl sites for hydroxylation is 1. The minimum Gasteiger partial charge on any atom is -0.347 e. The topological polar surface area (TPSA) is 61.0 Å². The molecule has 1 aromatic heterocycles. The summed E-state index contributed by atoms with van der Waals surface area (Å²) in [6, 6.07) is 7.91. The Hall–Kier alpha value is -2.30. The first-order valence-electron chi connectivity index (χ1n) is 6.92. The van der Waals surface area contributed by atoms with E-state index in [0.717, 1.165) is 29.9 Å². The van der Waals surface area contributed by atoms with Gasteiger partial charge in [0.1, 0.15) is 0 Å². The number of carbonyl (C=O) groups excluding carboxylic acids is 1. The Balaban J connectivity index is 1.65. The number of imidazole rings is 1. The van der Waals surface area contributed by atoms with E-state index >= 15 is 0 Å². The smallest absolute Gasteiger partial charge is 0.322 e. The lowest BCUT2D eigenvalue weighted by Gasteiger charge is -2.26. The molecule has 2 amide bonds. The van der Waals surface area contributed by atoms with Gasteiger partial charge >= 0.3 is 6.03 Å². The molecule has 0 spiro atoms. The van der Waals surface area contributed by atoms with Crippen LogP contribution in [0.5, 0.6) is 0 Å². The Kier molecular flexibility index (Phi) is 3.41. The standard InChI is InChI=1S/C15H18N4O/c1-2-11-3-5-12(6-4-11)18-15(20)19-8-7-13-14(9-19)17-10-16-13/h3-6,10H,2,7-9H2,1H3,(H,16,17)(H,18,20). The van der Waals surface area contributed by atoms with E-state index in [-0.39, 0.29) is 6.03 Å². The number of aromatic nitrogens is 2. The summed E-state index contributed by atoms with van der Waals surface area (Å²) < 4.78 is 0. The van der Waals surface area contributed by atoms with Gasteiger partial charge in [-0.2, -0.15) is 0 Å². The van der Waals surface area contributed by atoms with E-state index in [1.165, 1.54) is 5.56 Å². The molecule has 1 aromatic carbocycles. The van der Waals surface area contributed by atoms with Gasteiger partial charge in [0.25, 0.3) is 0 Å². The lowest BCUT2D eigenvalue weighted by atomic mass is 10.1. The van der Waals surface area contributed by atoms with Gasteiger partial charge in [-0.15, -0.1) is 0 Å². The third-order valence-electron chi connectivity index (χ3n) is 3.68. The van der Waals surface area contributed by atoms with Crippen molar-refractivity contribution in [3.05, 3.63) is 47.5 Å². The number of hydrogen-bond donors (Lipinski definition) is 2. The molecule has 0 radical (unpaired) electrons. The van der Waals surface area contributed by atoms with Gasteiger partial charge in [0.05, 0.1) is 24.3 Å². The molecule has 0 aliphatic carbocycles. The largest absolute Gasteiger partial charge is 0.347 e. The molecule has 0 saturated carbocycles. The van der Waals surface area contributed by atoms with Crippen molar-refractivity contribution in [1.29, 1.82) is 0 Å². The van der Waals surface area contributed by atoms with Crippen molar-refractivity contribution >= 4 is 11.7 Å². The van der Waals surface area contributed by atoms with Crippen molar-refractivity contribution in [2.75, 3.05) is 11.9 Å². The summed E-state index contributed by atoms with van der Waals surface area (Å²) >= 11 is 0. The van der Waals surface area contributed by atoms with Crippen molar-refractivity contribution in [2.24, 2.45) is 0 Å². The number of rotatable bonds is 2. The number of hydrogen-bond acceptors (Lipinski definition) is 2. The van der Waals surface area contributed by atoms with Crippen LogP contribution in [0.4, 0.5) is 10.5 Å². The summed E-state index contributed by atoms with van der Waals surface area (Å²) in [5.74, 6) is 0. The zero-order valence-corrected chi connectivity index (χ0v) is 11.5. The molecule has 0 atom stereocenters. The van der Waals surface area contributed by atoms with Gasteiger partial charge < -0.3 is 15.2 Å². The average molecular weight is 270 g/mol. The van der Waals surface area contributed by atoms with Gasteiger partial charge in [0, 0.05) is 18.7 Å². The number of amides is 2. The summed E-state index contributed by atoms with van der Waals surface area (Å²) in [5, 5.41) is 2.94. The van der Waals surface area contributed by atoms with Crippen LogP contribution in [0, 0.1) is 0 Å². The third kappa shape index (κ3) is 2.52. The highest BCUT2D eigenvalue weighted by atomic mass is 16.2. The first kappa shape index (κ1) is 12.7. The van der Waals surface area contributed by atoms with Crippen molar-refractivity contribution in [2.45, 2.75) is 26.3 Å². The van der Waals surface area contributed by atoms with Crippen LogP contribution in [0.2, 0.25) is 0 Å². The molecule has 1 aliphatic rings. The van der Waals surface area contributed by atoms with Crippen LogP contribution >= 0.6 is 0 Å². The molecule has 0 bridgehead atoms. The van der Waals surface area contributed by atoms with Crippen LogP contribution in [0.25, 0.3) is 0 Å². The second kappa shape index (κ2) is 5.36. The fraction of sp³-hybridized carbons (Fsp3) is 0.333. The van der Waals surface area contributed by atoms with Crippen molar-refractivity contribution < 1.29 is 4.79 Å². The Morgan fingerprint density at radius 1 is 1.40 bits per heavy atom. The van der Waals surface area contributed by atoms with Gasteiger partial charge in [0.2, 0.25) is 0 Å². The summed E-state index contributed by atoms with van der Waals surface area (Å²) in [6.07, 6.45) is 3.50. The minimum atomic E-state index is -0.0606. The van der Waals surface area contributed by atoms with Crippen molar-refractivity contribution in [1.82, 2.24) is 14.9 Å². The average Bonchev–Trinajstić information content (AvgIpc) is 2.95. The van der Waals surface area contributed by atoms with Crippen LogP contribution in [-0.2, 0) is 19.4 Å². The molecule has 1 aliphatic heterocycles. The van der Waals surface area contributed by atoms with Crippen molar-refractivity contribution in [3.8, 4) is 0 Å². The van der Waals surface area contributed by atoms with Crippen LogP contribution in [-0.4, -0.2) is 27.4 Å². The van der Waals surface area contributed by atoms with E-state index < -0.39 is 0 Å². The van der Waals surface area contributed by atoms with Gasteiger partial charge in [0.15, 0.2) is 0 Å². The molecular weight excluding hydrogens is 252 g/mol. The molecule has 20 heavy (non-hydrogen) atoms. The first-order valence-corrected chi connectivity index (χ1v) is 6.92. The number of anilines is 1. The maximum Gasteiger partial charge on any atom is 0.322 e. The molecule has 2 N–H and O–H groups in total. The van der Waals surface area contributed by atoms with Gasteiger partial charge in [-0.1, -0.05) is 19.1 Å². The summed E-state index contributed by atoms with van der Waals surface area (Å²) in [5.41, 5.74) is 4.21. The molecule has 5 nitrogen and oxygen atoms in total. The number of fused-ring (bicyclic) bond motifs is 1.